The largest absolute Gasteiger partial charge is 0.384 e. The molecule has 0 aliphatic heterocycles. The Kier molecular flexibility index (Phi) is 5.49. The average molecular weight is 255 g/mol. The topological polar surface area (TPSA) is 58.2 Å². The van der Waals surface area contributed by atoms with Gasteiger partial charge in [0.25, 0.3) is 0 Å². The standard InChI is InChI=1S/C12H15ClN2O2/c1-9(17)15-12-3-2-11(14-6-5-13)8-10(12)4-7-16/h2-3,7-8,14H,4-6H2,1H3,(H,15,17). The summed E-state index contributed by atoms with van der Waals surface area (Å²) in [6.07, 6.45) is 1.08. The zero-order valence-electron chi connectivity index (χ0n) is 9.63. The Morgan fingerprint density at radius 3 is 2.82 bits per heavy atom. The summed E-state index contributed by atoms with van der Waals surface area (Å²) in [5, 5.41) is 5.80. The van der Waals surface area contributed by atoms with Crippen molar-refractivity contribution in [2.24, 2.45) is 0 Å². The Bertz CT molecular complexity index is 407. The van der Waals surface area contributed by atoms with Crippen LogP contribution in [0, 0.1) is 0 Å². The van der Waals surface area contributed by atoms with Gasteiger partial charge < -0.3 is 15.4 Å². The molecule has 0 radical (unpaired) electrons. The fraction of sp³-hybridized carbons (Fsp3) is 0.333. The number of nitrogens with one attached hydrogen (secondary N) is 2. The Labute approximate surface area is 105 Å². The molecule has 0 fully saturated rings. The first-order valence-electron chi connectivity index (χ1n) is 5.31. The molecule has 1 aromatic carbocycles. The van der Waals surface area contributed by atoms with Crippen LogP contribution in [0.1, 0.15) is 12.5 Å². The molecule has 1 rings (SSSR count). The average Bonchev–Trinajstić information content (AvgIpc) is 2.29. The van der Waals surface area contributed by atoms with Gasteiger partial charge >= 0.3 is 0 Å². The summed E-state index contributed by atoms with van der Waals surface area (Å²) in [5.41, 5.74) is 2.34. The van der Waals surface area contributed by atoms with Gasteiger partial charge in [-0.1, -0.05) is 0 Å². The number of anilines is 2. The molecule has 0 bridgehead atoms. The minimum atomic E-state index is -0.154. The van der Waals surface area contributed by atoms with E-state index in [-0.39, 0.29) is 12.3 Å². The van der Waals surface area contributed by atoms with Crippen LogP contribution in [0.3, 0.4) is 0 Å². The molecule has 0 saturated heterocycles. The molecule has 0 unspecified atom stereocenters. The molecule has 0 aliphatic rings. The Hall–Kier alpha value is -1.55. The van der Waals surface area contributed by atoms with Gasteiger partial charge in [0.05, 0.1) is 0 Å². The van der Waals surface area contributed by atoms with Crippen LogP contribution in [-0.4, -0.2) is 24.6 Å². The van der Waals surface area contributed by atoms with Gasteiger partial charge in [0.2, 0.25) is 5.91 Å². The second kappa shape index (κ2) is 6.91. The Balaban J connectivity index is 2.90. The summed E-state index contributed by atoms with van der Waals surface area (Å²) in [5.74, 6) is 0.356. The molecular formula is C12H15ClN2O2. The molecule has 2 N–H and O–H groups in total. The molecule has 17 heavy (non-hydrogen) atoms. The van der Waals surface area contributed by atoms with Crippen LogP contribution in [0.4, 0.5) is 11.4 Å². The summed E-state index contributed by atoms with van der Waals surface area (Å²) in [6, 6.07) is 5.45. The first kappa shape index (κ1) is 13.5. The lowest BCUT2D eigenvalue weighted by Gasteiger charge is -2.11. The van der Waals surface area contributed by atoms with Crippen LogP contribution < -0.4 is 10.6 Å². The van der Waals surface area contributed by atoms with Crippen LogP contribution in [0.25, 0.3) is 0 Å². The van der Waals surface area contributed by atoms with Gasteiger partial charge in [-0.05, 0) is 23.8 Å². The third-order valence-corrected chi connectivity index (χ3v) is 2.33. The van der Waals surface area contributed by atoms with E-state index in [1.54, 1.807) is 6.07 Å². The first-order chi connectivity index (χ1) is 8.17. The van der Waals surface area contributed by atoms with Gasteiger partial charge in [0.1, 0.15) is 6.29 Å². The van der Waals surface area contributed by atoms with Gasteiger partial charge in [0.15, 0.2) is 0 Å². The SMILES string of the molecule is CC(=O)Nc1ccc(NCCCl)cc1CC=O. The quantitative estimate of drug-likeness (QED) is 0.603. The van der Waals surface area contributed by atoms with Crippen molar-refractivity contribution in [1.29, 1.82) is 0 Å². The van der Waals surface area contributed by atoms with Crippen molar-refractivity contribution in [3.05, 3.63) is 23.8 Å². The maximum atomic E-state index is 11.0. The lowest BCUT2D eigenvalue weighted by molar-refractivity contribution is -0.114. The fourth-order valence-electron chi connectivity index (χ4n) is 1.47. The lowest BCUT2D eigenvalue weighted by Crippen LogP contribution is -2.09. The molecule has 0 saturated carbocycles. The summed E-state index contributed by atoms with van der Waals surface area (Å²) < 4.78 is 0. The monoisotopic (exact) mass is 254 g/mol. The molecule has 92 valence electrons. The molecule has 1 aromatic rings. The van der Waals surface area contributed by atoms with E-state index in [2.05, 4.69) is 10.6 Å². The highest BCUT2D eigenvalue weighted by Crippen LogP contribution is 2.20. The second-order valence-corrected chi connectivity index (χ2v) is 3.92. The third kappa shape index (κ3) is 4.44. The van der Waals surface area contributed by atoms with E-state index in [9.17, 15) is 9.59 Å². The summed E-state index contributed by atoms with van der Waals surface area (Å²) in [4.78, 5) is 21.6. The van der Waals surface area contributed by atoms with Crippen molar-refractivity contribution in [1.82, 2.24) is 0 Å². The number of halogens is 1. The predicted molar refractivity (Wildman–Crippen MR) is 69.7 cm³/mol. The number of aldehydes is 1. The van der Waals surface area contributed by atoms with Gasteiger partial charge in [-0.25, -0.2) is 0 Å². The number of carbonyl (C=O) groups is 2. The highest BCUT2D eigenvalue weighted by atomic mass is 35.5. The van der Waals surface area contributed by atoms with E-state index < -0.39 is 0 Å². The van der Waals surface area contributed by atoms with E-state index in [1.807, 2.05) is 12.1 Å². The van der Waals surface area contributed by atoms with Crippen LogP contribution in [0.5, 0.6) is 0 Å². The Morgan fingerprint density at radius 1 is 1.47 bits per heavy atom. The van der Waals surface area contributed by atoms with E-state index >= 15 is 0 Å². The number of carbonyl (C=O) groups excluding carboxylic acids is 2. The highest BCUT2D eigenvalue weighted by molar-refractivity contribution is 6.18. The normalized spacial score (nSPS) is 9.76. The third-order valence-electron chi connectivity index (χ3n) is 2.14. The molecule has 0 aromatic heterocycles. The van der Waals surface area contributed by atoms with E-state index in [0.29, 0.717) is 18.1 Å². The van der Waals surface area contributed by atoms with Crippen molar-refractivity contribution in [2.45, 2.75) is 13.3 Å². The van der Waals surface area contributed by atoms with E-state index in [0.717, 1.165) is 17.5 Å². The minimum absolute atomic E-state index is 0.154. The number of amides is 1. The molecule has 0 aliphatic carbocycles. The van der Waals surface area contributed by atoms with E-state index in [1.165, 1.54) is 6.92 Å². The zero-order valence-corrected chi connectivity index (χ0v) is 10.4. The van der Waals surface area contributed by atoms with Crippen LogP contribution in [0.15, 0.2) is 18.2 Å². The van der Waals surface area contributed by atoms with Crippen molar-refractivity contribution < 1.29 is 9.59 Å². The number of hydrogen-bond acceptors (Lipinski definition) is 3. The second-order valence-electron chi connectivity index (χ2n) is 3.54. The summed E-state index contributed by atoms with van der Waals surface area (Å²) >= 11 is 5.58. The fourth-order valence-corrected chi connectivity index (χ4v) is 1.56. The van der Waals surface area contributed by atoms with Gasteiger partial charge in [-0.15, -0.1) is 11.6 Å². The summed E-state index contributed by atoms with van der Waals surface area (Å²) in [6.45, 7) is 2.09. The maximum Gasteiger partial charge on any atom is 0.221 e. The lowest BCUT2D eigenvalue weighted by atomic mass is 10.1. The van der Waals surface area contributed by atoms with Gasteiger partial charge in [0, 0.05) is 37.1 Å². The molecule has 0 spiro atoms. The van der Waals surface area contributed by atoms with Crippen molar-refractivity contribution in [3.63, 3.8) is 0 Å². The number of rotatable bonds is 6. The van der Waals surface area contributed by atoms with Crippen molar-refractivity contribution in [2.75, 3.05) is 23.1 Å². The molecular weight excluding hydrogens is 240 g/mol. The zero-order chi connectivity index (χ0) is 12.7. The highest BCUT2D eigenvalue weighted by Gasteiger charge is 2.05. The van der Waals surface area contributed by atoms with Crippen molar-refractivity contribution >= 4 is 35.2 Å². The smallest absolute Gasteiger partial charge is 0.221 e. The van der Waals surface area contributed by atoms with Crippen LogP contribution in [-0.2, 0) is 16.0 Å². The number of hydrogen-bond donors (Lipinski definition) is 2. The Morgan fingerprint density at radius 2 is 2.24 bits per heavy atom. The molecule has 0 atom stereocenters. The number of alkyl halides is 1. The molecule has 1 amide bonds. The van der Waals surface area contributed by atoms with Crippen molar-refractivity contribution in [3.8, 4) is 0 Å². The molecule has 4 nitrogen and oxygen atoms in total. The number of benzene rings is 1. The maximum absolute atomic E-state index is 11.0. The van der Waals surface area contributed by atoms with Crippen LogP contribution >= 0.6 is 11.6 Å². The van der Waals surface area contributed by atoms with Gasteiger partial charge in [-0.3, -0.25) is 4.79 Å². The first-order valence-corrected chi connectivity index (χ1v) is 5.84. The van der Waals surface area contributed by atoms with E-state index in [4.69, 9.17) is 11.6 Å². The van der Waals surface area contributed by atoms with Crippen LogP contribution in [0.2, 0.25) is 0 Å². The molecule has 0 heterocycles. The summed E-state index contributed by atoms with van der Waals surface area (Å²) in [7, 11) is 0. The van der Waals surface area contributed by atoms with Gasteiger partial charge in [-0.2, -0.15) is 0 Å². The predicted octanol–water partition coefficient (Wildman–Crippen LogP) is 2.04. The molecule has 5 heteroatoms. The minimum Gasteiger partial charge on any atom is -0.384 e.